The van der Waals surface area contributed by atoms with Crippen molar-refractivity contribution < 1.29 is 9.59 Å². The van der Waals surface area contributed by atoms with Gasteiger partial charge in [0.15, 0.2) is 0 Å². The molecule has 4 heteroatoms. The van der Waals surface area contributed by atoms with Gasteiger partial charge in [-0.25, -0.2) is 0 Å². The predicted molar refractivity (Wildman–Crippen MR) is 60.6 cm³/mol. The van der Waals surface area contributed by atoms with Gasteiger partial charge in [0, 0.05) is 5.25 Å². The number of thioether (sulfide) groups is 1. The molecule has 0 aromatic rings. The second-order valence-electron chi connectivity index (χ2n) is 3.97. The fourth-order valence-corrected chi connectivity index (χ4v) is 1.70. The van der Waals surface area contributed by atoms with E-state index in [4.69, 9.17) is 0 Å². The van der Waals surface area contributed by atoms with Crippen LogP contribution in [0.5, 0.6) is 0 Å². The number of amides is 1. The van der Waals surface area contributed by atoms with Gasteiger partial charge in [-0.3, -0.25) is 4.79 Å². The maximum atomic E-state index is 11.3. The van der Waals surface area contributed by atoms with Crippen LogP contribution in [0.3, 0.4) is 0 Å². The fraction of sp³-hybridized carbons (Fsp3) is 0.800. The van der Waals surface area contributed by atoms with Crippen LogP contribution in [0.2, 0.25) is 0 Å². The molecule has 0 bridgehead atoms. The Kier molecular flexibility index (Phi) is 6.62. The second kappa shape index (κ2) is 6.87. The molecule has 0 fully saturated rings. The normalized spacial score (nSPS) is 13.0. The molecule has 0 aliphatic heterocycles. The van der Waals surface area contributed by atoms with E-state index < -0.39 is 0 Å². The summed E-state index contributed by atoms with van der Waals surface area (Å²) in [6.07, 6.45) is 1.51. The molecular formula is C10H19NO2S. The molecule has 0 saturated carbocycles. The first kappa shape index (κ1) is 13.5. The average Bonchev–Trinajstić information content (AvgIpc) is 2.00. The van der Waals surface area contributed by atoms with Crippen molar-refractivity contribution in [1.29, 1.82) is 0 Å². The summed E-state index contributed by atoms with van der Waals surface area (Å²) >= 11 is 1.22. The van der Waals surface area contributed by atoms with Crippen LogP contribution in [0.1, 0.15) is 34.1 Å². The van der Waals surface area contributed by atoms with Crippen LogP contribution < -0.4 is 5.32 Å². The minimum atomic E-state index is -0.339. The van der Waals surface area contributed by atoms with Gasteiger partial charge in [0.05, 0.1) is 6.04 Å². The third kappa shape index (κ3) is 6.95. The first-order valence-electron chi connectivity index (χ1n) is 4.88. The third-order valence-corrected chi connectivity index (χ3v) is 2.34. The second-order valence-corrected chi connectivity index (χ2v) is 5.52. The van der Waals surface area contributed by atoms with Gasteiger partial charge in [0.2, 0.25) is 0 Å². The average molecular weight is 217 g/mol. The number of hydrogen-bond acceptors (Lipinski definition) is 3. The van der Waals surface area contributed by atoms with Crippen molar-refractivity contribution in [2.45, 2.75) is 45.4 Å². The number of nitrogens with one attached hydrogen (secondary N) is 1. The Morgan fingerprint density at radius 3 is 2.29 bits per heavy atom. The highest BCUT2D eigenvalue weighted by molar-refractivity contribution is 8.14. The Balaban J connectivity index is 3.92. The van der Waals surface area contributed by atoms with Crippen LogP contribution in [0, 0.1) is 5.92 Å². The summed E-state index contributed by atoms with van der Waals surface area (Å²) in [4.78, 5) is 21.9. The number of hydrogen-bond donors (Lipinski definition) is 1. The van der Waals surface area contributed by atoms with Gasteiger partial charge < -0.3 is 10.1 Å². The van der Waals surface area contributed by atoms with Crippen molar-refractivity contribution in [2.75, 3.05) is 0 Å². The van der Waals surface area contributed by atoms with Crippen LogP contribution in [0.4, 0.5) is 4.79 Å². The highest BCUT2D eigenvalue weighted by atomic mass is 32.2. The Labute approximate surface area is 90.0 Å². The van der Waals surface area contributed by atoms with Crippen LogP contribution in [-0.4, -0.2) is 22.8 Å². The molecule has 0 aromatic heterocycles. The number of rotatable bonds is 5. The fourth-order valence-electron chi connectivity index (χ4n) is 1.06. The van der Waals surface area contributed by atoms with E-state index in [0.29, 0.717) is 12.3 Å². The molecule has 0 heterocycles. The molecule has 0 saturated heterocycles. The van der Waals surface area contributed by atoms with Gasteiger partial charge in [0.25, 0.3) is 5.24 Å². The van der Waals surface area contributed by atoms with E-state index in [1.165, 1.54) is 11.8 Å². The Hall–Kier alpha value is -0.510. The van der Waals surface area contributed by atoms with Crippen LogP contribution in [0.15, 0.2) is 0 Å². The first-order valence-corrected chi connectivity index (χ1v) is 5.76. The maximum Gasteiger partial charge on any atom is 0.279 e. The van der Waals surface area contributed by atoms with E-state index >= 15 is 0 Å². The quantitative estimate of drug-likeness (QED) is 0.719. The lowest BCUT2D eigenvalue weighted by Gasteiger charge is -2.14. The third-order valence-electron chi connectivity index (χ3n) is 1.54. The first-order chi connectivity index (χ1) is 6.45. The van der Waals surface area contributed by atoms with Crippen molar-refractivity contribution in [3.05, 3.63) is 0 Å². The molecule has 14 heavy (non-hydrogen) atoms. The van der Waals surface area contributed by atoms with Gasteiger partial charge in [-0.05, 0) is 12.3 Å². The van der Waals surface area contributed by atoms with Crippen LogP contribution in [-0.2, 0) is 4.79 Å². The topological polar surface area (TPSA) is 46.2 Å². The van der Waals surface area contributed by atoms with Gasteiger partial charge in [-0.1, -0.05) is 39.5 Å². The highest BCUT2D eigenvalue weighted by Gasteiger charge is 2.13. The summed E-state index contributed by atoms with van der Waals surface area (Å²) < 4.78 is 0. The van der Waals surface area contributed by atoms with Crippen molar-refractivity contribution in [1.82, 2.24) is 5.32 Å². The standard InChI is InChI=1S/C10H19NO2S/c1-7(2)5-9(6-12)11-10(13)14-8(3)4/h6-9H,5H2,1-4H3,(H,11,13)/t9-/m0/s1. The maximum absolute atomic E-state index is 11.3. The van der Waals surface area contributed by atoms with Crippen LogP contribution >= 0.6 is 11.8 Å². The van der Waals surface area contributed by atoms with E-state index in [1.54, 1.807) is 0 Å². The highest BCUT2D eigenvalue weighted by Crippen LogP contribution is 2.11. The summed E-state index contributed by atoms with van der Waals surface area (Å²) in [5.41, 5.74) is 0. The van der Waals surface area contributed by atoms with Gasteiger partial charge in [0.1, 0.15) is 6.29 Å². The minimum Gasteiger partial charge on any atom is -0.337 e. The molecule has 0 aliphatic rings. The molecule has 0 aliphatic carbocycles. The zero-order chi connectivity index (χ0) is 11.1. The molecule has 3 nitrogen and oxygen atoms in total. The summed E-state index contributed by atoms with van der Waals surface area (Å²) in [6, 6.07) is -0.339. The monoisotopic (exact) mass is 217 g/mol. The van der Waals surface area contributed by atoms with E-state index in [2.05, 4.69) is 5.32 Å². The predicted octanol–water partition coefficient (Wildman–Crippen LogP) is 2.45. The summed E-state index contributed by atoms with van der Waals surface area (Å²) in [5, 5.41) is 2.82. The lowest BCUT2D eigenvalue weighted by Crippen LogP contribution is -2.35. The molecule has 82 valence electrons. The Morgan fingerprint density at radius 2 is 1.93 bits per heavy atom. The smallest absolute Gasteiger partial charge is 0.279 e. The molecular weight excluding hydrogens is 198 g/mol. The van der Waals surface area contributed by atoms with Crippen LogP contribution in [0.25, 0.3) is 0 Å². The molecule has 1 N–H and O–H groups in total. The molecule has 0 spiro atoms. The van der Waals surface area contributed by atoms with Gasteiger partial charge >= 0.3 is 0 Å². The largest absolute Gasteiger partial charge is 0.337 e. The van der Waals surface area contributed by atoms with Gasteiger partial charge in [-0.15, -0.1) is 0 Å². The van der Waals surface area contributed by atoms with Crippen molar-refractivity contribution in [3.63, 3.8) is 0 Å². The van der Waals surface area contributed by atoms with Gasteiger partial charge in [-0.2, -0.15) is 0 Å². The van der Waals surface area contributed by atoms with Crippen molar-refractivity contribution >= 4 is 23.3 Å². The minimum absolute atomic E-state index is 0.113. The van der Waals surface area contributed by atoms with Crippen molar-refractivity contribution in [3.8, 4) is 0 Å². The molecule has 1 amide bonds. The Bertz CT molecular complexity index is 193. The van der Waals surface area contributed by atoms with E-state index in [1.807, 2.05) is 27.7 Å². The zero-order valence-corrected chi connectivity index (χ0v) is 10.1. The molecule has 0 aromatic carbocycles. The summed E-state index contributed by atoms with van der Waals surface area (Å²) in [6.45, 7) is 7.95. The zero-order valence-electron chi connectivity index (χ0n) is 9.24. The molecule has 0 radical (unpaired) electrons. The molecule has 0 rings (SSSR count). The van der Waals surface area contributed by atoms with E-state index in [-0.39, 0.29) is 16.5 Å². The Morgan fingerprint density at radius 1 is 1.36 bits per heavy atom. The summed E-state index contributed by atoms with van der Waals surface area (Å²) in [5.74, 6) is 0.412. The number of carbonyl (C=O) groups is 2. The molecule has 1 atom stereocenters. The van der Waals surface area contributed by atoms with Crippen molar-refractivity contribution in [2.24, 2.45) is 5.92 Å². The lowest BCUT2D eigenvalue weighted by atomic mass is 10.1. The number of aldehydes is 1. The van der Waals surface area contributed by atoms with E-state index in [9.17, 15) is 9.59 Å². The lowest BCUT2D eigenvalue weighted by molar-refractivity contribution is -0.109. The summed E-state index contributed by atoms with van der Waals surface area (Å²) in [7, 11) is 0. The SMILES string of the molecule is CC(C)C[C@@H](C=O)NC(=O)SC(C)C. The van der Waals surface area contributed by atoms with E-state index in [0.717, 1.165) is 6.29 Å². The molecule has 0 unspecified atom stereocenters. The number of carbonyl (C=O) groups excluding carboxylic acids is 2.